The Morgan fingerprint density at radius 1 is 0.905 bits per heavy atom. The minimum atomic E-state index is -3.84. The third-order valence-corrected chi connectivity index (χ3v) is 5.17. The van der Waals surface area contributed by atoms with Gasteiger partial charge in [-0.25, -0.2) is 16.8 Å². The maximum Gasteiger partial charge on any atom is 0.262 e. The van der Waals surface area contributed by atoms with E-state index in [1.807, 2.05) is 0 Å². The molecule has 112 valence electrons. The van der Waals surface area contributed by atoms with E-state index in [0.717, 1.165) is 12.3 Å². The van der Waals surface area contributed by atoms with Crippen molar-refractivity contribution >= 4 is 25.5 Å². The Morgan fingerprint density at radius 2 is 1.52 bits per heavy atom. The lowest BCUT2D eigenvalue weighted by molar-refractivity contribution is 0.473. The highest BCUT2D eigenvalue weighted by atomic mass is 32.2. The fraction of sp³-hybridized carbons (Fsp3) is 0.0769. The fourth-order valence-corrected chi connectivity index (χ4v) is 3.36. The molecule has 0 spiro atoms. The Morgan fingerprint density at radius 3 is 2.05 bits per heavy atom. The molecule has 6 nitrogen and oxygen atoms in total. The number of hydrogen-bond donors (Lipinski definition) is 2. The molecule has 0 aliphatic rings. The van der Waals surface area contributed by atoms with Crippen molar-refractivity contribution in [1.29, 1.82) is 0 Å². The van der Waals surface area contributed by atoms with Crippen LogP contribution in [0.25, 0.3) is 0 Å². The zero-order valence-corrected chi connectivity index (χ0v) is 12.6. The topological polar surface area (TPSA) is 101 Å². The minimum absolute atomic E-state index is 0.0883. The molecule has 0 aromatic heterocycles. The van der Waals surface area contributed by atoms with Crippen LogP contribution in [0.4, 0.5) is 5.69 Å². The lowest BCUT2D eigenvalue weighted by Gasteiger charge is -2.08. The third kappa shape index (κ3) is 3.73. The molecule has 0 bridgehead atoms. The van der Waals surface area contributed by atoms with Gasteiger partial charge in [0, 0.05) is 18.0 Å². The molecule has 0 saturated heterocycles. The van der Waals surface area contributed by atoms with E-state index in [9.17, 15) is 21.9 Å². The van der Waals surface area contributed by atoms with Crippen LogP contribution in [0.1, 0.15) is 0 Å². The quantitative estimate of drug-likeness (QED) is 0.888. The van der Waals surface area contributed by atoms with E-state index in [2.05, 4.69) is 4.72 Å². The van der Waals surface area contributed by atoms with Crippen molar-refractivity contribution in [2.24, 2.45) is 0 Å². The van der Waals surface area contributed by atoms with Gasteiger partial charge >= 0.3 is 0 Å². The Hall–Kier alpha value is -2.06. The highest BCUT2D eigenvalue weighted by molar-refractivity contribution is 7.92. The van der Waals surface area contributed by atoms with E-state index in [0.29, 0.717) is 0 Å². The summed E-state index contributed by atoms with van der Waals surface area (Å²) in [4.78, 5) is 0.0116. The van der Waals surface area contributed by atoms with Gasteiger partial charge in [-0.15, -0.1) is 0 Å². The van der Waals surface area contributed by atoms with E-state index >= 15 is 0 Å². The maximum absolute atomic E-state index is 12.1. The summed E-state index contributed by atoms with van der Waals surface area (Å²) in [7, 11) is -7.17. The highest BCUT2D eigenvalue weighted by Gasteiger charge is 2.15. The molecule has 2 aromatic rings. The van der Waals surface area contributed by atoms with Gasteiger partial charge in [0.25, 0.3) is 10.0 Å². The first-order chi connectivity index (χ1) is 9.68. The van der Waals surface area contributed by atoms with Crippen molar-refractivity contribution in [3.8, 4) is 5.75 Å². The number of hydrogen-bond acceptors (Lipinski definition) is 5. The van der Waals surface area contributed by atoms with Crippen molar-refractivity contribution in [2.75, 3.05) is 11.0 Å². The first-order valence-electron chi connectivity index (χ1n) is 5.80. The minimum Gasteiger partial charge on any atom is -0.508 e. The molecule has 2 N–H and O–H groups in total. The highest BCUT2D eigenvalue weighted by Crippen LogP contribution is 2.20. The Labute approximate surface area is 123 Å². The number of rotatable bonds is 4. The van der Waals surface area contributed by atoms with Crippen LogP contribution in [-0.4, -0.2) is 28.2 Å². The standard InChI is InChI=1S/C13H13NO5S2/c1-20(16,17)12-7-5-10(6-8-12)14-21(18,19)13-4-2-3-11(15)9-13/h2-9,14-15H,1H3. The van der Waals surface area contributed by atoms with Crippen LogP contribution in [-0.2, 0) is 19.9 Å². The molecule has 2 rings (SSSR count). The van der Waals surface area contributed by atoms with Crippen molar-refractivity contribution in [3.63, 3.8) is 0 Å². The van der Waals surface area contributed by atoms with Gasteiger partial charge in [-0.3, -0.25) is 4.72 Å². The lowest BCUT2D eigenvalue weighted by atomic mass is 10.3. The molecule has 0 aliphatic carbocycles. The summed E-state index contributed by atoms with van der Waals surface area (Å²) < 4.78 is 49.1. The Kier molecular flexibility index (Phi) is 3.93. The predicted molar refractivity (Wildman–Crippen MR) is 78.5 cm³/mol. The van der Waals surface area contributed by atoms with E-state index < -0.39 is 19.9 Å². The van der Waals surface area contributed by atoms with Crippen LogP contribution in [0.3, 0.4) is 0 Å². The number of benzene rings is 2. The number of sulfone groups is 1. The summed E-state index contributed by atoms with van der Waals surface area (Å²) in [6.07, 6.45) is 1.07. The van der Waals surface area contributed by atoms with Crippen LogP contribution in [0, 0.1) is 0 Å². The van der Waals surface area contributed by atoms with E-state index in [1.165, 1.54) is 42.5 Å². The molecule has 0 atom stereocenters. The van der Waals surface area contributed by atoms with Gasteiger partial charge in [0.05, 0.1) is 9.79 Å². The largest absolute Gasteiger partial charge is 0.508 e. The zero-order chi connectivity index (χ0) is 15.7. The number of phenols is 1. The molecule has 0 aliphatic heterocycles. The number of sulfonamides is 1. The average Bonchev–Trinajstić information content (AvgIpc) is 2.38. The van der Waals surface area contributed by atoms with Crippen LogP contribution in [0.5, 0.6) is 5.75 Å². The zero-order valence-electron chi connectivity index (χ0n) is 11.0. The first-order valence-corrected chi connectivity index (χ1v) is 9.18. The fourth-order valence-electron chi connectivity index (χ4n) is 1.63. The van der Waals surface area contributed by atoms with Gasteiger partial charge in [0.15, 0.2) is 9.84 Å². The molecule has 0 radical (unpaired) electrons. The molecular formula is C13H13NO5S2. The maximum atomic E-state index is 12.1. The first kappa shape index (κ1) is 15.3. The van der Waals surface area contributed by atoms with Gasteiger partial charge in [0.2, 0.25) is 0 Å². The second-order valence-corrected chi connectivity index (χ2v) is 8.10. The van der Waals surface area contributed by atoms with Crippen molar-refractivity contribution < 1.29 is 21.9 Å². The summed E-state index contributed by atoms with van der Waals surface area (Å²) in [6.45, 7) is 0. The van der Waals surface area contributed by atoms with E-state index in [4.69, 9.17) is 0 Å². The normalized spacial score (nSPS) is 12.0. The van der Waals surface area contributed by atoms with Crippen LogP contribution < -0.4 is 4.72 Å². The molecular weight excluding hydrogens is 314 g/mol. The van der Waals surface area contributed by atoms with Gasteiger partial charge in [-0.2, -0.15) is 0 Å². The molecule has 0 fully saturated rings. The summed E-state index contributed by atoms with van der Waals surface area (Å²) in [5.74, 6) is -0.162. The number of aromatic hydroxyl groups is 1. The molecule has 0 heterocycles. The monoisotopic (exact) mass is 327 g/mol. The summed E-state index contributed by atoms with van der Waals surface area (Å²) >= 11 is 0. The molecule has 0 amide bonds. The molecule has 2 aromatic carbocycles. The van der Waals surface area contributed by atoms with Gasteiger partial charge in [0.1, 0.15) is 5.75 Å². The van der Waals surface area contributed by atoms with Gasteiger partial charge in [-0.05, 0) is 36.4 Å². The Balaban J connectivity index is 2.29. The Bertz CT molecular complexity index is 856. The van der Waals surface area contributed by atoms with Crippen LogP contribution in [0.15, 0.2) is 58.3 Å². The molecule has 8 heteroatoms. The smallest absolute Gasteiger partial charge is 0.262 e. The number of anilines is 1. The van der Waals surface area contributed by atoms with Crippen molar-refractivity contribution in [2.45, 2.75) is 9.79 Å². The second kappa shape index (κ2) is 5.38. The third-order valence-electron chi connectivity index (χ3n) is 2.66. The van der Waals surface area contributed by atoms with E-state index in [-0.39, 0.29) is 21.2 Å². The number of phenolic OH excluding ortho intramolecular Hbond substituents is 1. The lowest BCUT2D eigenvalue weighted by Crippen LogP contribution is -2.12. The summed E-state index contributed by atoms with van der Waals surface area (Å²) in [6, 6.07) is 10.6. The van der Waals surface area contributed by atoms with Crippen LogP contribution >= 0.6 is 0 Å². The van der Waals surface area contributed by atoms with Crippen LogP contribution in [0.2, 0.25) is 0 Å². The van der Waals surface area contributed by atoms with E-state index in [1.54, 1.807) is 0 Å². The SMILES string of the molecule is CS(=O)(=O)c1ccc(NS(=O)(=O)c2cccc(O)c2)cc1. The average molecular weight is 327 g/mol. The summed E-state index contributed by atoms with van der Waals surface area (Å²) in [5, 5.41) is 9.31. The molecule has 0 saturated carbocycles. The van der Waals surface area contributed by atoms with Gasteiger partial charge < -0.3 is 5.11 Å². The molecule has 21 heavy (non-hydrogen) atoms. The molecule has 0 unspecified atom stereocenters. The second-order valence-electron chi connectivity index (χ2n) is 4.40. The van der Waals surface area contributed by atoms with Crippen molar-refractivity contribution in [3.05, 3.63) is 48.5 Å². The van der Waals surface area contributed by atoms with Gasteiger partial charge in [-0.1, -0.05) is 6.07 Å². The predicted octanol–water partition coefficient (Wildman–Crippen LogP) is 1.60. The summed E-state index contributed by atoms with van der Waals surface area (Å²) in [5.41, 5.74) is 0.228. The van der Waals surface area contributed by atoms with Crippen molar-refractivity contribution in [1.82, 2.24) is 0 Å². The number of nitrogens with one attached hydrogen (secondary N) is 1.